The van der Waals surface area contributed by atoms with Crippen LogP contribution in [-0.2, 0) is 9.53 Å². The first-order valence-electron chi connectivity index (χ1n) is 7.10. The Morgan fingerprint density at radius 1 is 1.35 bits per heavy atom. The lowest BCUT2D eigenvalue weighted by atomic mass is 10.2. The van der Waals surface area contributed by atoms with Crippen LogP contribution in [0.3, 0.4) is 0 Å². The molecule has 0 unspecified atom stereocenters. The summed E-state index contributed by atoms with van der Waals surface area (Å²) in [6, 6.07) is 5.50. The lowest BCUT2D eigenvalue weighted by Crippen LogP contribution is -2.35. The maximum atomic E-state index is 12.0. The summed E-state index contributed by atoms with van der Waals surface area (Å²) < 4.78 is 10.2. The molecule has 0 aliphatic carbocycles. The van der Waals surface area contributed by atoms with Gasteiger partial charge in [-0.2, -0.15) is 0 Å². The standard InChI is InChI=1S/C16H16ClNO5/c1-3-9(2)18-15(20)8-22-16(21)14-7-12(19)11-6-10(17)4-5-13(11)23-14/h4-7,9H,3,8H2,1-2H3,(H,18,20)/t9-/m0/s1. The predicted molar refractivity (Wildman–Crippen MR) is 85.7 cm³/mol. The fourth-order valence-electron chi connectivity index (χ4n) is 1.85. The van der Waals surface area contributed by atoms with Crippen molar-refractivity contribution in [2.75, 3.05) is 6.61 Å². The number of amides is 1. The summed E-state index contributed by atoms with van der Waals surface area (Å²) in [5.41, 5.74) is -0.192. The van der Waals surface area contributed by atoms with E-state index in [2.05, 4.69) is 5.32 Å². The van der Waals surface area contributed by atoms with Crippen molar-refractivity contribution in [3.63, 3.8) is 0 Å². The van der Waals surface area contributed by atoms with Gasteiger partial charge in [0.05, 0.1) is 5.39 Å². The molecule has 0 bridgehead atoms. The van der Waals surface area contributed by atoms with E-state index in [-0.39, 0.29) is 22.8 Å². The minimum absolute atomic E-state index is 0.00967. The highest BCUT2D eigenvalue weighted by molar-refractivity contribution is 6.31. The Hall–Kier alpha value is -2.34. The van der Waals surface area contributed by atoms with Crippen LogP contribution in [0, 0.1) is 0 Å². The van der Waals surface area contributed by atoms with Gasteiger partial charge in [-0.25, -0.2) is 4.79 Å². The zero-order chi connectivity index (χ0) is 17.0. The highest BCUT2D eigenvalue weighted by atomic mass is 35.5. The van der Waals surface area contributed by atoms with Gasteiger partial charge in [-0.05, 0) is 31.5 Å². The molecule has 1 N–H and O–H groups in total. The van der Waals surface area contributed by atoms with E-state index < -0.39 is 23.9 Å². The SMILES string of the molecule is CC[C@H](C)NC(=O)COC(=O)c1cc(=O)c2cc(Cl)ccc2o1. The van der Waals surface area contributed by atoms with E-state index in [0.29, 0.717) is 5.02 Å². The van der Waals surface area contributed by atoms with Gasteiger partial charge in [0.15, 0.2) is 12.0 Å². The smallest absolute Gasteiger partial charge is 0.374 e. The Kier molecular flexibility index (Phi) is 5.39. The fourth-order valence-corrected chi connectivity index (χ4v) is 2.02. The van der Waals surface area contributed by atoms with Crippen molar-refractivity contribution in [3.05, 3.63) is 45.3 Å². The van der Waals surface area contributed by atoms with E-state index in [9.17, 15) is 14.4 Å². The van der Waals surface area contributed by atoms with E-state index in [1.165, 1.54) is 12.1 Å². The zero-order valence-corrected chi connectivity index (χ0v) is 13.5. The van der Waals surface area contributed by atoms with E-state index in [0.717, 1.165) is 12.5 Å². The number of nitrogens with one attached hydrogen (secondary N) is 1. The molecule has 0 spiro atoms. The van der Waals surface area contributed by atoms with Gasteiger partial charge < -0.3 is 14.5 Å². The average Bonchev–Trinajstić information content (AvgIpc) is 2.52. The molecule has 6 nitrogen and oxygen atoms in total. The Balaban J connectivity index is 2.11. The number of esters is 1. The Morgan fingerprint density at radius 3 is 2.78 bits per heavy atom. The van der Waals surface area contributed by atoms with Crippen molar-refractivity contribution in [2.45, 2.75) is 26.3 Å². The quantitative estimate of drug-likeness (QED) is 0.847. The largest absolute Gasteiger partial charge is 0.450 e. The number of carbonyl (C=O) groups is 2. The highest BCUT2D eigenvalue weighted by Crippen LogP contribution is 2.17. The van der Waals surface area contributed by atoms with Crippen molar-refractivity contribution >= 4 is 34.4 Å². The lowest BCUT2D eigenvalue weighted by Gasteiger charge is -2.11. The van der Waals surface area contributed by atoms with Gasteiger partial charge in [-0.15, -0.1) is 0 Å². The number of hydrogen-bond donors (Lipinski definition) is 1. The number of carbonyl (C=O) groups excluding carboxylic acids is 2. The topological polar surface area (TPSA) is 85.6 Å². The summed E-state index contributed by atoms with van der Waals surface area (Å²) in [6.45, 7) is 3.33. The van der Waals surface area contributed by atoms with Crippen LogP contribution in [0.15, 0.2) is 33.5 Å². The molecule has 23 heavy (non-hydrogen) atoms. The molecule has 1 amide bonds. The van der Waals surface area contributed by atoms with E-state index in [4.69, 9.17) is 20.8 Å². The lowest BCUT2D eigenvalue weighted by molar-refractivity contribution is -0.124. The van der Waals surface area contributed by atoms with Gasteiger partial charge in [0.25, 0.3) is 5.91 Å². The average molecular weight is 338 g/mol. The van der Waals surface area contributed by atoms with Crippen LogP contribution in [0.25, 0.3) is 11.0 Å². The number of hydrogen-bond acceptors (Lipinski definition) is 5. The minimum atomic E-state index is -0.877. The second-order valence-corrected chi connectivity index (χ2v) is 5.50. The number of fused-ring (bicyclic) bond motifs is 1. The van der Waals surface area contributed by atoms with Gasteiger partial charge in [0, 0.05) is 17.1 Å². The first-order valence-corrected chi connectivity index (χ1v) is 7.48. The van der Waals surface area contributed by atoms with Gasteiger partial charge in [0.2, 0.25) is 5.76 Å². The first-order chi connectivity index (χ1) is 10.9. The molecular weight excluding hydrogens is 322 g/mol. The normalized spacial score (nSPS) is 12.0. The second kappa shape index (κ2) is 7.28. The Morgan fingerprint density at radius 2 is 2.09 bits per heavy atom. The predicted octanol–water partition coefficient (Wildman–Crippen LogP) is 2.52. The van der Waals surface area contributed by atoms with Crippen LogP contribution in [0.2, 0.25) is 5.02 Å². The monoisotopic (exact) mass is 337 g/mol. The summed E-state index contributed by atoms with van der Waals surface area (Å²) >= 11 is 5.81. The molecule has 1 aromatic heterocycles. The molecular formula is C16H16ClNO5. The third-order valence-corrected chi connectivity index (χ3v) is 3.48. The van der Waals surface area contributed by atoms with Crippen LogP contribution in [0.5, 0.6) is 0 Å². The van der Waals surface area contributed by atoms with Crippen molar-refractivity contribution in [3.8, 4) is 0 Å². The molecule has 122 valence electrons. The van der Waals surface area contributed by atoms with E-state index in [1.807, 2.05) is 13.8 Å². The van der Waals surface area contributed by atoms with Gasteiger partial charge in [-0.1, -0.05) is 18.5 Å². The van der Waals surface area contributed by atoms with Crippen molar-refractivity contribution in [1.82, 2.24) is 5.32 Å². The maximum Gasteiger partial charge on any atom is 0.374 e. The van der Waals surface area contributed by atoms with Crippen LogP contribution in [-0.4, -0.2) is 24.5 Å². The summed E-state index contributed by atoms with van der Waals surface area (Å²) in [6.07, 6.45) is 0.766. The summed E-state index contributed by atoms with van der Waals surface area (Å²) in [7, 11) is 0. The summed E-state index contributed by atoms with van der Waals surface area (Å²) in [5.74, 6) is -1.55. The van der Waals surface area contributed by atoms with Gasteiger partial charge in [0.1, 0.15) is 5.58 Å². The second-order valence-electron chi connectivity index (χ2n) is 5.07. The molecule has 0 saturated heterocycles. The van der Waals surface area contributed by atoms with Crippen LogP contribution in [0.4, 0.5) is 0 Å². The molecule has 0 aliphatic heterocycles. The summed E-state index contributed by atoms with van der Waals surface area (Å²) in [5, 5.41) is 3.32. The molecule has 1 heterocycles. The molecule has 0 radical (unpaired) electrons. The third-order valence-electron chi connectivity index (χ3n) is 3.24. The van der Waals surface area contributed by atoms with Crippen molar-refractivity contribution in [1.29, 1.82) is 0 Å². The fraction of sp³-hybridized carbons (Fsp3) is 0.312. The number of ether oxygens (including phenoxy) is 1. The Labute approximate surface area is 137 Å². The Bertz CT molecular complexity index is 799. The minimum Gasteiger partial charge on any atom is -0.450 e. The van der Waals surface area contributed by atoms with Crippen molar-refractivity contribution in [2.24, 2.45) is 0 Å². The number of halogens is 1. The van der Waals surface area contributed by atoms with Crippen LogP contribution >= 0.6 is 11.6 Å². The molecule has 1 atom stereocenters. The first kappa shape index (κ1) is 17.0. The van der Waals surface area contributed by atoms with Gasteiger partial charge in [-0.3, -0.25) is 9.59 Å². The van der Waals surface area contributed by atoms with E-state index >= 15 is 0 Å². The number of rotatable bonds is 5. The van der Waals surface area contributed by atoms with Crippen LogP contribution in [0.1, 0.15) is 30.8 Å². The maximum absolute atomic E-state index is 12.0. The molecule has 1 aromatic carbocycles. The number of benzene rings is 1. The molecule has 0 aliphatic rings. The van der Waals surface area contributed by atoms with Crippen molar-refractivity contribution < 1.29 is 18.7 Å². The molecule has 0 saturated carbocycles. The molecule has 2 aromatic rings. The van der Waals surface area contributed by atoms with E-state index in [1.54, 1.807) is 6.07 Å². The zero-order valence-electron chi connectivity index (χ0n) is 12.7. The molecule has 2 rings (SSSR count). The molecule has 7 heteroatoms. The third kappa shape index (κ3) is 4.32. The van der Waals surface area contributed by atoms with Gasteiger partial charge >= 0.3 is 5.97 Å². The highest BCUT2D eigenvalue weighted by Gasteiger charge is 2.16. The summed E-state index contributed by atoms with van der Waals surface area (Å²) in [4.78, 5) is 35.4. The molecule has 0 fully saturated rings. The van der Waals surface area contributed by atoms with Crippen LogP contribution < -0.4 is 10.7 Å².